The molecule has 0 saturated heterocycles. The van der Waals surface area contributed by atoms with E-state index in [9.17, 15) is 9.59 Å². The molecule has 0 atom stereocenters. The molecule has 1 amide bonds. The van der Waals surface area contributed by atoms with Crippen LogP contribution in [0, 0.1) is 0 Å². The fourth-order valence-corrected chi connectivity index (χ4v) is 3.92. The van der Waals surface area contributed by atoms with Crippen LogP contribution in [0.1, 0.15) is 29.8 Å². The molecule has 0 saturated carbocycles. The van der Waals surface area contributed by atoms with Crippen LogP contribution in [-0.4, -0.2) is 36.4 Å². The van der Waals surface area contributed by atoms with Gasteiger partial charge in [-0.15, -0.1) is 0 Å². The number of nitrogens with zero attached hydrogens (tertiary/aromatic N) is 2. The van der Waals surface area contributed by atoms with Gasteiger partial charge in [0.05, 0.1) is 40.7 Å². The zero-order valence-electron chi connectivity index (χ0n) is 16.4. The monoisotopic (exact) mass is 536 g/mol. The van der Waals surface area contributed by atoms with Crippen molar-refractivity contribution in [2.75, 3.05) is 18.7 Å². The van der Waals surface area contributed by atoms with Crippen LogP contribution in [0.15, 0.2) is 50.0 Å². The van der Waals surface area contributed by atoms with Crippen molar-refractivity contribution in [3.63, 3.8) is 0 Å². The number of hydrazone groups is 1. The number of ether oxygens (including phenoxy) is 2. The topological polar surface area (TPSA) is 88.4 Å². The SMILES string of the molecule is CCOc1cc(/C=C2/C(=O)N(c3ccc(C(=O)O)cc3)N=C2C)c(Br)c(Br)c1OC. The first-order valence-corrected chi connectivity index (χ1v) is 10.5. The van der Waals surface area contributed by atoms with E-state index < -0.39 is 5.97 Å². The lowest BCUT2D eigenvalue weighted by Crippen LogP contribution is -2.21. The van der Waals surface area contributed by atoms with Gasteiger partial charge in [-0.1, -0.05) is 0 Å². The third-order valence-electron chi connectivity index (χ3n) is 4.38. The molecule has 3 rings (SSSR count). The second-order valence-corrected chi connectivity index (χ2v) is 7.86. The number of carbonyl (C=O) groups is 2. The predicted molar refractivity (Wildman–Crippen MR) is 122 cm³/mol. The van der Waals surface area contributed by atoms with Crippen molar-refractivity contribution >= 4 is 61.2 Å². The maximum Gasteiger partial charge on any atom is 0.335 e. The van der Waals surface area contributed by atoms with Crippen LogP contribution >= 0.6 is 31.9 Å². The molecule has 0 unspecified atom stereocenters. The number of carbonyl (C=O) groups excluding carboxylic acids is 1. The minimum atomic E-state index is -1.03. The predicted octanol–water partition coefficient (Wildman–Crippen LogP) is 5.12. The molecule has 9 heteroatoms. The summed E-state index contributed by atoms with van der Waals surface area (Å²) in [4.78, 5) is 24.1. The van der Waals surface area contributed by atoms with Gasteiger partial charge in [-0.25, -0.2) is 4.79 Å². The van der Waals surface area contributed by atoms with E-state index in [1.54, 1.807) is 38.3 Å². The fraction of sp³-hybridized carbons (Fsp3) is 0.190. The lowest BCUT2D eigenvalue weighted by molar-refractivity contribution is -0.114. The summed E-state index contributed by atoms with van der Waals surface area (Å²) in [5, 5.41) is 14.6. The molecule has 1 heterocycles. The molecule has 0 aromatic heterocycles. The van der Waals surface area contributed by atoms with Crippen LogP contribution < -0.4 is 14.5 Å². The number of carboxylic acid groups (broad SMARTS) is 1. The maximum absolute atomic E-state index is 13.0. The van der Waals surface area contributed by atoms with Gasteiger partial charge in [0, 0.05) is 4.47 Å². The second kappa shape index (κ2) is 9.01. The third-order valence-corrected chi connectivity index (χ3v) is 6.52. The summed E-state index contributed by atoms with van der Waals surface area (Å²) < 4.78 is 12.5. The van der Waals surface area contributed by atoms with Crippen LogP contribution in [0.25, 0.3) is 6.08 Å². The number of amides is 1. The van der Waals surface area contributed by atoms with Crippen molar-refractivity contribution in [2.24, 2.45) is 5.10 Å². The lowest BCUT2D eigenvalue weighted by atomic mass is 10.1. The van der Waals surface area contributed by atoms with Crippen molar-refractivity contribution in [1.82, 2.24) is 0 Å². The van der Waals surface area contributed by atoms with Gasteiger partial charge in [-0.3, -0.25) is 4.79 Å². The summed E-state index contributed by atoms with van der Waals surface area (Å²) in [6, 6.07) is 7.75. The highest BCUT2D eigenvalue weighted by Gasteiger charge is 2.29. The van der Waals surface area contributed by atoms with Crippen molar-refractivity contribution in [1.29, 1.82) is 0 Å². The van der Waals surface area contributed by atoms with Crippen molar-refractivity contribution in [3.05, 3.63) is 56.0 Å². The largest absolute Gasteiger partial charge is 0.492 e. The summed E-state index contributed by atoms with van der Waals surface area (Å²) in [5.74, 6) is -0.251. The number of benzene rings is 2. The Morgan fingerprint density at radius 3 is 2.47 bits per heavy atom. The highest BCUT2D eigenvalue weighted by Crippen LogP contribution is 2.43. The van der Waals surface area contributed by atoms with Gasteiger partial charge in [-0.05, 0) is 87.7 Å². The van der Waals surface area contributed by atoms with E-state index in [1.165, 1.54) is 17.1 Å². The van der Waals surface area contributed by atoms with E-state index in [1.807, 2.05) is 6.92 Å². The molecular weight excluding hydrogens is 520 g/mol. The van der Waals surface area contributed by atoms with Gasteiger partial charge in [0.25, 0.3) is 5.91 Å². The van der Waals surface area contributed by atoms with Gasteiger partial charge in [0.15, 0.2) is 11.5 Å². The van der Waals surface area contributed by atoms with Crippen LogP contribution in [0.5, 0.6) is 11.5 Å². The summed E-state index contributed by atoms with van der Waals surface area (Å²) in [5.41, 5.74) is 2.29. The van der Waals surface area contributed by atoms with E-state index in [-0.39, 0.29) is 11.5 Å². The van der Waals surface area contributed by atoms with E-state index in [0.717, 1.165) is 0 Å². The molecule has 2 aromatic rings. The normalized spacial score (nSPS) is 14.8. The molecule has 0 fully saturated rings. The molecule has 0 bridgehead atoms. The number of hydrogen-bond acceptors (Lipinski definition) is 5. The van der Waals surface area contributed by atoms with E-state index in [2.05, 4.69) is 37.0 Å². The number of methoxy groups -OCH3 is 1. The zero-order valence-corrected chi connectivity index (χ0v) is 19.6. The Bertz CT molecular complexity index is 1080. The lowest BCUT2D eigenvalue weighted by Gasteiger charge is -2.15. The van der Waals surface area contributed by atoms with Gasteiger partial charge in [-0.2, -0.15) is 10.1 Å². The smallest absolute Gasteiger partial charge is 0.335 e. The maximum atomic E-state index is 13.0. The molecule has 0 aliphatic carbocycles. The molecular formula is C21H18Br2N2O5. The number of halogens is 2. The first-order chi connectivity index (χ1) is 14.3. The highest BCUT2D eigenvalue weighted by atomic mass is 79.9. The molecule has 0 spiro atoms. The summed E-state index contributed by atoms with van der Waals surface area (Å²) >= 11 is 7.04. The minimum Gasteiger partial charge on any atom is -0.492 e. The molecule has 1 aliphatic heterocycles. The van der Waals surface area contributed by atoms with Gasteiger partial charge in [0.1, 0.15) is 0 Å². The Morgan fingerprint density at radius 1 is 1.23 bits per heavy atom. The second-order valence-electron chi connectivity index (χ2n) is 6.27. The van der Waals surface area contributed by atoms with Crippen LogP contribution in [-0.2, 0) is 4.79 Å². The van der Waals surface area contributed by atoms with Gasteiger partial charge in [0.2, 0.25) is 0 Å². The quantitative estimate of drug-likeness (QED) is 0.516. The number of carboxylic acids is 1. The molecule has 2 aromatic carbocycles. The Labute approximate surface area is 190 Å². The van der Waals surface area contributed by atoms with Gasteiger partial charge >= 0.3 is 5.97 Å². The van der Waals surface area contributed by atoms with Crippen LogP contribution in [0.4, 0.5) is 5.69 Å². The first kappa shape index (κ1) is 22.0. The summed E-state index contributed by atoms with van der Waals surface area (Å²) in [7, 11) is 1.55. The number of anilines is 1. The fourth-order valence-electron chi connectivity index (χ4n) is 2.92. The van der Waals surface area contributed by atoms with Gasteiger partial charge < -0.3 is 14.6 Å². The zero-order chi connectivity index (χ0) is 22.0. The average molecular weight is 538 g/mol. The molecule has 1 N–H and O–H groups in total. The highest BCUT2D eigenvalue weighted by molar-refractivity contribution is 9.13. The standard InChI is InChI=1S/C21H18Br2N2O5/c1-4-30-16-10-13(17(22)18(23)19(16)29-3)9-15-11(2)24-25(20(15)26)14-7-5-12(6-8-14)21(27)28/h5-10H,4H2,1-3H3,(H,27,28)/b15-9+. The van der Waals surface area contributed by atoms with E-state index in [0.29, 0.717) is 49.6 Å². The molecule has 156 valence electrons. The number of aromatic carboxylic acids is 1. The Hall–Kier alpha value is -2.65. The molecule has 30 heavy (non-hydrogen) atoms. The molecule has 7 nitrogen and oxygen atoms in total. The average Bonchev–Trinajstić information content (AvgIpc) is 3.00. The van der Waals surface area contributed by atoms with E-state index >= 15 is 0 Å². The first-order valence-electron chi connectivity index (χ1n) is 8.92. The van der Waals surface area contributed by atoms with Crippen molar-refractivity contribution in [2.45, 2.75) is 13.8 Å². The Morgan fingerprint density at radius 2 is 1.90 bits per heavy atom. The van der Waals surface area contributed by atoms with E-state index in [4.69, 9.17) is 14.6 Å². The molecule has 1 aliphatic rings. The Kier molecular flexibility index (Phi) is 6.62. The van der Waals surface area contributed by atoms with Crippen LogP contribution in [0.2, 0.25) is 0 Å². The van der Waals surface area contributed by atoms with Crippen molar-refractivity contribution in [3.8, 4) is 11.5 Å². The Balaban J connectivity index is 2.00. The minimum absolute atomic E-state index is 0.136. The van der Waals surface area contributed by atoms with Crippen LogP contribution in [0.3, 0.4) is 0 Å². The third kappa shape index (κ3) is 4.13. The number of rotatable bonds is 6. The summed E-state index contributed by atoms with van der Waals surface area (Å²) in [6.45, 7) is 4.07. The molecule has 0 radical (unpaired) electrons. The number of hydrogen-bond donors (Lipinski definition) is 1. The van der Waals surface area contributed by atoms with Crippen molar-refractivity contribution < 1.29 is 24.2 Å². The summed E-state index contributed by atoms with van der Waals surface area (Å²) in [6.07, 6.45) is 1.73.